The van der Waals surface area contributed by atoms with Crippen LogP contribution in [0.3, 0.4) is 0 Å². The summed E-state index contributed by atoms with van der Waals surface area (Å²) in [7, 11) is 5.24. The summed E-state index contributed by atoms with van der Waals surface area (Å²) >= 11 is 1.17. The molecule has 5 unspecified atom stereocenters. The number of piperidine rings is 1. The van der Waals surface area contributed by atoms with Crippen molar-refractivity contribution in [2.45, 2.75) is 56.7 Å². The van der Waals surface area contributed by atoms with Crippen LogP contribution in [0.2, 0.25) is 0 Å². The van der Waals surface area contributed by atoms with Crippen molar-refractivity contribution in [2.24, 2.45) is 0 Å². The van der Waals surface area contributed by atoms with E-state index >= 15 is 4.39 Å². The predicted octanol–water partition coefficient (Wildman–Crippen LogP) is 5.36. The van der Waals surface area contributed by atoms with Gasteiger partial charge in [0.25, 0.3) is 5.91 Å². The lowest BCUT2D eigenvalue weighted by atomic mass is 9.93. The molecule has 12 heteroatoms. The van der Waals surface area contributed by atoms with Crippen molar-refractivity contribution in [1.82, 2.24) is 10.3 Å². The Balaban J connectivity index is 1.40. The van der Waals surface area contributed by atoms with Gasteiger partial charge >= 0.3 is 6.18 Å². The van der Waals surface area contributed by atoms with E-state index in [-0.39, 0.29) is 29.8 Å². The first-order chi connectivity index (χ1) is 20.0. The maximum absolute atomic E-state index is 15.4. The second kappa shape index (κ2) is 11.6. The summed E-state index contributed by atoms with van der Waals surface area (Å²) in [5.74, 6) is 6.04. The zero-order valence-electron chi connectivity index (χ0n) is 23.9. The van der Waals surface area contributed by atoms with E-state index in [1.54, 1.807) is 31.3 Å². The number of nitrogens with zero attached hydrogens (tertiary/aromatic N) is 2. The number of quaternary nitrogens is 1. The van der Waals surface area contributed by atoms with Crippen LogP contribution >= 0.6 is 11.3 Å². The fourth-order valence-electron chi connectivity index (χ4n) is 6.04. The third kappa shape index (κ3) is 5.85. The van der Waals surface area contributed by atoms with Crippen molar-refractivity contribution in [3.63, 3.8) is 0 Å². The van der Waals surface area contributed by atoms with Crippen LogP contribution in [0, 0.1) is 11.8 Å². The van der Waals surface area contributed by atoms with Gasteiger partial charge in [0, 0.05) is 20.5 Å². The average molecular weight is 605 g/mol. The average Bonchev–Trinajstić information content (AvgIpc) is 3.56. The molecule has 2 aromatic heterocycles. The second-order valence-electron chi connectivity index (χ2n) is 10.9. The van der Waals surface area contributed by atoms with Crippen LogP contribution < -0.4 is 20.7 Å². The van der Waals surface area contributed by atoms with Crippen LogP contribution in [0.1, 0.15) is 40.7 Å². The van der Waals surface area contributed by atoms with E-state index < -0.39 is 24.8 Å². The highest BCUT2D eigenvalue weighted by atomic mass is 32.1. The normalized spacial score (nSPS) is 24.8. The summed E-state index contributed by atoms with van der Waals surface area (Å²) in [4.78, 5) is 16.4. The lowest BCUT2D eigenvalue weighted by molar-refractivity contribution is -0.828. The first-order valence-corrected chi connectivity index (χ1v) is 14.7. The number of nitrogens with one attached hydrogen (secondary N) is 3. The number of ether oxygens (including phenoxy) is 1. The molecular formula is C30H34F4N5O2S+. The molecule has 2 aliphatic rings. The molecule has 0 radical (unpaired) electrons. The summed E-state index contributed by atoms with van der Waals surface area (Å²) < 4.78 is 63.5. The molecule has 3 N–H and O–H groups in total. The second-order valence-corrected chi connectivity index (χ2v) is 12.0. The number of fused-ring (bicyclic) bond motifs is 2. The van der Waals surface area contributed by atoms with E-state index in [1.165, 1.54) is 24.5 Å². The third-order valence-corrected chi connectivity index (χ3v) is 9.58. The number of rotatable bonds is 8. The van der Waals surface area contributed by atoms with E-state index in [1.807, 2.05) is 0 Å². The third-order valence-electron chi connectivity index (χ3n) is 8.38. The maximum Gasteiger partial charge on any atom is 0.393 e. The van der Waals surface area contributed by atoms with Gasteiger partial charge in [-0.1, -0.05) is 30.9 Å². The number of amides is 1. The van der Waals surface area contributed by atoms with Crippen LogP contribution in [0.4, 0.5) is 29.1 Å². The number of anilines is 2. The molecule has 0 spiro atoms. The molecular weight excluding hydrogens is 570 g/mol. The highest BCUT2D eigenvalue weighted by molar-refractivity contribution is 7.20. The van der Waals surface area contributed by atoms with Gasteiger partial charge in [0.2, 0.25) is 0 Å². The van der Waals surface area contributed by atoms with Crippen molar-refractivity contribution in [3.05, 3.63) is 46.5 Å². The Morgan fingerprint density at radius 2 is 2.02 bits per heavy atom. The van der Waals surface area contributed by atoms with Gasteiger partial charge in [0.1, 0.15) is 18.8 Å². The number of carbonyl (C=O) groups excluding carboxylic acids is 1. The molecule has 3 aromatic rings. The molecule has 4 heterocycles. The number of benzene rings is 1. The number of halogens is 4. The van der Waals surface area contributed by atoms with Crippen molar-refractivity contribution in [3.8, 4) is 17.6 Å². The minimum atomic E-state index is -4.43. The lowest BCUT2D eigenvalue weighted by Crippen LogP contribution is -2.52. The summed E-state index contributed by atoms with van der Waals surface area (Å²) in [5.41, 5.74) is 0.935. The molecule has 42 heavy (non-hydrogen) atoms. The number of alkyl halides is 4. The maximum atomic E-state index is 15.4. The van der Waals surface area contributed by atoms with Gasteiger partial charge in [-0.3, -0.25) is 4.79 Å². The molecule has 2 saturated heterocycles. The summed E-state index contributed by atoms with van der Waals surface area (Å²) in [5, 5.41) is 9.18. The predicted molar refractivity (Wildman–Crippen MR) is 157 cm³/mol. The number of thiophene rings is 1. The fraction of sp³-hybridized carbons (Fsp3) is 0.467. The number of hydrogen-bond donors (Lipinski definition) is 3. The van der Waals surface area contributed by atoms with Crippen LogP contribution in [-0.4, -0.2) is 80.1 Å². The summed E-state index contributed by atoms with van der Waals surface area (Å²) in [6.07, 6.45) is -4.97. The Morgan fingerprint density at radius 3 is 2.71 bits per heavy atom. The van der Waals surface area contributed by atoms with Crippen LogP contribution in [0.15, 0.2) is 30.3 Å². The van der Waals surface area contributed by atoms with Crippen molar-refractivity contribution < 1.29 is 31.6 Å². The van der Waals surface area contributed by atoms with Gasteiger partial charge in [-0.2, -0.15) is 13.2 Å². The first kappa shape index (κ1) is 29.9. The standard InChI is InChI=1S/C30H33F4N5O2S/c1-5-17-14-22(26(31)23-16-39(17,23)4)37-20-9-6-8-18-19(15-30(32,33)34)25(42-27(18)20)10-7-13-41-24-12-11-21(29(40)36-3)38-28(24)35-2/h6,8-9,11-12,17,22-23,26,37H,5,13-16H2,1-4H3,(H-,35,36,38,40)/p+1. The summed E-state index contributed by atoms with van der Waals surface area (Å²) in [6, 6.07) is 8.16. The minimum absolute atomic E-state index is 0.0374. The number of carbonyl (C=O) groups is 1. The van der Waals surface area contributed by atoms with E-state index in [2.05, 4.69) is 46.7 Å². The van der Waals surface area contributed by atoms with Gasteiger partial charge in [0.05, 0.1) is 40.8 Å². The van der Waals surface area contributed by atoms with E-state index in [4.69, 9.17) is 4.74 Å². The highest BCUT2D eigenvalue weighted by Gasteiger charge is 2.65. The SMILES string of the molecule is CCC1CC(Nc2cccc3c(CC(F)(F)F)c(C#CCOc4ccc(C(=O)NC)nc4NC)sc23)C(F)C2C[N+]12C. The zero-order valence-corrected chi connectivity index (χ0v) is 24.7. The molecule has 1 aromatic carbocycles. The van der Waals surface area contributed by atoms with Gasteiger partial charge < -0.3 is 25.2 Å². The topological polar surface area (TPSA) is 75.3 Å². The fourth-order valence-corrected chi connectivity index (χ4v) is 7.21. The highest BCUT2D eigenvalue weighted by Crippen LogP contribution is 2.46. The molecule has 5 atom stereocenters. The van der Waals surface area contributed by atoms with Crippen LogP contribution in [0.5, 0.6) is 5.75 Å². The minimum Gasteiger partial charge on any atom is -0.477 e. The number of pyridine rings is 1. The van der Waals surface area contributed by atoms with E-state index in [0.717, 1.165) is 17.4 Å². The molecule has 0 bridgehead atoms. The quantitative estimate of drug-likeness (QED) is 0.140. The monoisotopic (exact) mass is 604 g/mol. The lowest BCUT2D eigenvalue weighted by Gasteiger charge is -2.36. The Hall–Kier alpha value is -3.56. The Morgan fingerprint density at radius 1 is 1.24 bits per heavy atom. The van der Waals surface area contributed by atoms with E-state index in [9.17, 15) is 18.0 Å². The first-order valence-electron chi connectivity index (χ1n) is 13.9. The van der Waals surface area contributed by atoms with Crippen LogP contribution in [-0.2, 0) is 6.42 Å². The molecule has 2 fully saturated rings. The van der Waals surface area contributed by atoms with Crippen molar-refractivity contribution in [1.29, 1.82) is 0 Å². The molecule has 5 rings (SSSR count). The van der Waals surface area contributed by atoms with Gasteiger partial charge in [-0.15, -0.1) is 11.3 Å². The summed E-state index contributed by atoms with van der Waals surface area (Å²) in [6.45, 7) is 2.83. The Labute approximate surface area is 246 Å². The largest absolute Gasteiger partial charge is 0.477 e. The smallest absolute Gasteiger partial charge is 0.393 e. The van der Waals surface area contributed by atoms with Gasteiger partial charge in [-0.25, -0.2) is 9.37 Å². The molecule has 7 nitrogen and oxygen atoms in total. The van der Waals surface area contributed by atoms with Crippen molar-refractivity contribution in [2.75, 3.05) is 44.9 Å². The zero-order chi connectivity index (χ0) is 30.2. The Bertz CT molecular complexity index is 1550. The van der Waals surface area contributed by atoms with Gasteiger partial charge in [-0.05, 0) is 35.6 Å². The number of likely N-dealkylation sites (N-methyl/N-ethyl adjacent to an activating group) is 1. The van der Waals surface area contributed by atoms with Crippen molar-refractivity contribution >= 4 is 38.8 Å². The van der Waals surface area contributed by atoms with Gasteiger partial charge in [0.15, 0.2) is 23.8 Å². The molecule has 0 saturated carbocycles. The molecule has 2 aliphatic heterocycles. The Kier molecular flexibility index (Phi) is 8.27. The molecule has 224 valence electrons. The number of hydrogen-bond acceptors (Lipinski definition) is 6. The molecule has 1 amide bonds. The number of aromatic nitrogens is 1. The van der Waals surface area contributed by atoms with E-state index in [0.29, 0.717) is 44.7 Å². The van der Waals surface area contributed by atoms with Crippen LogP contribution in [0.25, 0.3) is 10.1 Å². The molecule has 0 aliphatic carbocycles.